The summed E-state index contributed by atoms with van der Waals surface area (Å²) in [6.07, 6.45) is 3.16. The number of aryl methyl sites for hydroxylation is 1. The molecule has 2 rings (SSSR count). The van der Waals surface area contributed by atoms with Crippen LogP contribution in [0.25, 0.3) is 11.0 Å². The van der Waals surface area contributed by atoms with Crippen LogP contribution in [0.4, 0.5) is 19.0 Å². The highest BCUT2D eigenvalue weighted by atomic mass is 19.4. The lowest BCUT2D eigenvalue weighted by Crippen LogP contribution is -2.30. The molecule has 0 fully saturated rings. The maximum absolute atomic E-state index is 12.9. The zero-order valence-electron chi connectivity index (χ0n) is 18.1. The van der Waals surface area contributed by atoms with E-state index in [4.69, 9.17) is 4.74 Å². The number of carbonyl (C=O) groups is 1. The lowest BCUT2D eigenvalue weighted by Gasteiger charge is -2.18. The normalized spacial score (nSPS) is 12.4. The molecule has 0 spiro atoms. The molecule has 0 unspecified atom stereocenters. The first-order chi connectivity index (χ1) is 15.2. The number of hydrogen-bond acceptors (Lipinski definition) is 6. The highest BCUT2D eigenvalue weighted by molar-refractivity contribution is 6.06. The van der Waals surface area contributed by atoms with Gasteiger partial charge in [0.2, 0.25) is 0 Å². The van der Waals surface area contributed by atoms with Gasteiger partial charge in [0.25, 0.3) is 5.91 Å². The number of allylic oxidation sites excluding steroid dienone is 3. The highest BCUT2D eigenvalue weighted by Crippen LogP contribution is 2.25. The van der Waals surface area contributed by atoms with Crippen molar-refractivity contribution < 1.29 is 27.4 Å². The smallest absolute Gasteiger partial charge is 0.406 e. The average molecular weight is 453 g/mol. The Balaban J connectivity index is 2.24. The van der Waals surface area contributed by atoms with Crippen molar-refractivity contribution in [1.82, 2.24) is 19.4 Å². The monoisotopic (exact) mass is 453 g/mol. The Kier molecular flexibility index (Phi) is 8.82. The lowest BCUT2D eigenvalue weighted by atomic mass is 10.2. The summed E-state index contributed by atoms with van der Waals surface area (Å²) in [5, 5.41) is 2.92. The van der Waals surface area contributed by atoms with Gasteiger partial charge in [0.05, 0.1) is 24.0 Å². The van der Waals surface area contributed by atoms with Gasteiger partial charge in [-0.15, -0.1) is 13.2 Å². The van der Waals surface area contributed by atoms with Crippen LogP contribution >= 0.6 is 0 Å². The van der Waals surface area contributed by atoms with Crippen LogP contribution in [-0.4, -0.2) is 65.1 Å². The predicted octanol–water partition coefficient (Wildman–Crippen LogP) is 3.65. The summed E-state index contributed by atoms with van der Waals surface area (Å²) in [5.41, 5.74) is 1.33. The van der Waals surface area contributed by atoms with E-state index in [0.29, 0.717) is 42.2 Å². The van der Waals surface area contributed by atoms with Gasteiger partial charge in [-0.3, -0.25) is 4.79 Å². The highest BCUT2D eigenvalue weighted by Gasteiger charge is 2.31. The van der Waals surface area contributed by atoms with Crippen LogP contribution in [0.1, 0.15) is 17.3 Å². The van der Waals surface area contributed by atoms with Crippen molar-refractivity contribution in [2.45, 2.75) is 13.3 Å². The summed E-state index contributed by atoms with van der Waals surface area (Å²) in [6.45, 7) is 6.66. The molecule has 0 aliphatic heterocycles. The van der Waals surface area contributed by atoms with Crippen LogP contribution in [0.15, 0.2) is 49.2 Å². The van der Waals surface area contributed by atoms with Crippen molar-refractivity contribution in [2.24, 2.45) is 7.05 Å². The fraction of sp³-hybridized carbons (Fsp3) is 0.381. The minimum Gasteiger partial charge on any atom is -0.406 e. The Morgan fingerprint density at radius 2 is 2.12 bits per heavy atom. The van der Waals surface area contributed by atoms with Crippen molar-refractivity contribution in [2.75, 3.05) is 38.7 Å². The van der Waals surface area contributed by atoms with Crippen LogP contribution < -0.4 is 5.32 Å². The fourth-order valence-corrected chi connectivity index (χ4v) is 2.80. The van der Waals surface area contributed by atoms with Gasteiger partial charge in [-0.05, 0) is 19.1 Å². The van der Waals surface area contributed by atoms with Gasteiger partial charge in [0, 0.05) is 40.0 Å². The maximum Gasteiger partial charge on any atom is 0.573 e. The van der Waals surface area contributed by atoms with Crippen LogP contribution in [0.2, 0.25) is 0 Å². The Morgan fingerprint density at radius 1 is 1.38 bits per heavy atom. The molecule has 0 bridgehead atoms. The molecule has 0 aliphatic carbocycles. The number of imidazole rings is 1. The first-order valence-corrected chi connectivity index (χ1v) is 9.80. The van der Waals surface area contributed by atoms with Crippen LogP contribution in [0, 0.1) is 0 Å². The molecule has 1 amide bonds. The summed E-state index contributed by atoms with van der Waals surface area (Å²) >= 11 is 0. The molecule has 32 heavy (non-hydrogen) atoms. The van der Waals surface area contributed by atoms with E-state index >= 15 is 0 Å². The summed E-state index contributed by atoms with van der Waals surface area (Å²) in [4.78, 5) is 22.9. The Morgan fingerprint density at radius 3 is 2.78 bits per heavy atom. The molecule has 0 saturated heterocycles. The number of amides is 1. The quantitative estimate of drug-likeness (QED) is 0.318. The van der Waals surface area contributed by atoms with E-state index in [2.05, 4.69) is 26.6 Å². The van der Waals surface area contributed by atoms with E-state index in [1.54, 1.807) is 18.7 Å². The Bertz CT molecular complexity index is 998. The first-order valence-electron chi connectivity index (χ1n) is 9.80. The van der Waals surface area contributed by atoms with E-state index < -0.39 is 12.1 Å². The first kappa shape index (κ1) is 24.9. The van der Waals surface area contributed by atoms with Crippen molar-refractivity contribution in [1.29, 1.82) is 0 Å². The number of nitrogens with one attached hydrogen (secondary N) is 1. The van der Waals surface area contributed by atoms with Crippen molar-refractivity contribution >= 4 is 22.8 Å². The SMILES string of the molecule is C=C/C=C\C(=C/CNc1ncc(C(=O)N(C)CCOCC)c2c1ncn2C)OC(F)(F)F. The van der Waals surface area contributed by atoms with Gasteiger partial charge < -0.3 is 24.3 Å². The second-order valence-electron chi connectivity index (χ2n) is 6.63. The van der Waals surface area contributed by atoms with Crippen LogP contribution in [0.3, 0.4) is 0 Å². The average Bonchev–Trinajstić information content (AvgIpc) is 3.12. The number of aromatic nitrogens is 3. The number of fused-ring (bicyclic) bond motifs is 1. The van der Waals surface area contributed by atoms with Gasteiger partial charge in [-0.2, -0.15) is 0 Å². The Labute approximate surface area is 184 Å². The second kappa shape index (κ2) is 11.3. The number of hydrogen-bond donors (Lipinski definition) is 1. The third-order valence-electron chi connectivity index (χ3n) is 4.29. The number of nitrogens with zero attached hydrogens (tertiary/aromatic N) is 4. The predicted molar refractivity (Wildman–Crippen MR) is 115 cm³/mol. The van der Waals surface area contributed by atoms with Crippen molar-refractivity contribution in [3.63, 3.8) is 0 Å². The van der Waals surface area contributed by atoms with Gasteiger partial charge in [0.1, 0.15) is 11.3 Å². The Hall–Kier alpha value is -3.34. The zero-order chi connectivity index (χ0) is 23.7. The topological polar surface area (TPSA) is 81.5 Å². The van der Waals surface area contributed by atoms with E-state index in [9.17, 15) is 18.0 Å². The fourth-order valence-electron chi connectivity index (χ4n) is 2.80. The number of anilines is 1. The van der Waals surface area contributed by atoms with Crippen molar-refractivity contribution in [3.8, 4) is 0 Å². The van der Waals surface area contributed by atoms with E-state index in [0.717, 1.165) is 6.08 Å². The number of rotatable bonds is 11. The molecule has 0 aromatic carbocycles. The number of alkyl halides is 3. The summed E-state index contributed by atoms with van der Waals surface area (Å²) < 4.78 is 48.6. The second-order valence-corrected chi connectivity index (χ2v) is 6.63. The van der Waals surface area contributed by atoms with Crippen molar-refractivity contribution in [3.05, 3.63) is 54.7 Å². The molecule has 2 aromatic rings. The molecular weight excluding hydrogens is 427 g/mol. The molecule has 1 N–H and O–H groups in total. The molecular formula is C21H26F3N5O3. The molecule has 2 aromatic heterocycles. The van der Waals surface area contributed by atoms with E-state index in [-0.39, 0.29) is 12.5 Å². The molecule has 11 heteroatoms. The van der Waals surface area contributed by atoms with Gasteiger partial charge in [0.15, 0.2) is 5.82 Å². The molecule has 0 radical (unpaired) electrons. The van der Waals surface area contributed by atoms with Gasteiger partial charge in [-0.25, -0.2) is 9.97 Å². The minimum absolute atomic E-state index is 0.0207. The summed E-state index contributed by atoms with van der Waals surface area (Å²) in [7, 11) is 3.41. The van der Waals surface area contributed by atoms with Crippen LogP contribution in [0.5, 0.6) is 0 Å². The molecule has 0 saturated carbocycles. The number of carbonyl (C=O) groups excluding carboxylic acids is 1. The standard InChI is InChI=1S/C21H26F3N5O3/c1-5-7-8-15(32-21(22,23)24)9-10-25-19-17-18(29(4)14-27-17)16(13-26-19)20(30)28(3)11-12-31-6-2/h5,7-9,13-14H,1,6,10-12H2,2-4H3,(H,25,26)/b8-7-,15-9+. The molecule has 0 atom stereocenters. The number of likely N-dealkylation sites (N-methyl/N-ethyl adjacent to an activating group) is 1. The van der Waals surface area contributed by atoms with E-state index in [1.807, 2.05) is 6.92 Å². The number of ether oxygens (including phenoxy) is 2. The molecule has 8 nitrogen and oxygen atoms in total. The number of pyridine rings is 1. The molecule has 2 heterocycles. The third-order valence-corrected chi connectivity index (χ3v) is 4.29. The van der Waals surface area contributed by atoms with Gasteiger partial charge in [-0.1, -0.05) is 18.7 Å². The molecule has 0 aliphatic rings. The van der Waals surface area contributed by atoms with E-state index in [1.165, 1.54) is 35.7 Å². The van der Waals surface area contributed by atoms with Gasteiger partial charge >= 0.3 is 6.36 Å². The minimum atomic E-state index is -4.82. The lowest BCUT2D eigenvalue weighted by molar-refractivity contribution is -0.303. The number of halogens is 3. The third kappa shape index (κ3) is 6.84. The zero-order valence-corrected chi connectivity index (χ0v) is 18.1. The summed E-state index contributed by atoms with van der Waals surface area (Å²) in [6, 6.07) is 0. The largest absolute Gasteiger partial charge is 0.573 e. The van der Waals surface area contributed by atoms with Crippen LogP contribution in [-0.2, 0) is 16.5 Å². The maximum atomic E-state index is 12.9. The molecule has 174 valence electrons. The summed E-state index contributed by atoms with van der Waals surface area (Å²) in [5.74, 6) is -0.318.